The third-order valence-electron chi connectivity index (χ3n) is 3.58. The molecule has 0 aliphatic rings. The molecule has 1 N–H and O–H groups in total. The predicted octanol–water partition coefficient (Wildman–Crippen LogP) is 2.72. The van der Waals surface area contributed by atoms with Gasteiger partial charge >= 0.3 is 5.97 Å². The molecular weight excluding hydrogens is 385 g/mol. The lowest BCUT2D eigenvalue weighted by atomic mass is 10.1. The van der Waals surface area contributed by atoms with Crippen LogP contribution >= 0.6 is 11.8 Å². The number of Topliss-reactive ketones (excluding diaryl/α,β-unsaturated/α-hetero) is 1. The second-order valence-electron chi connectivity index (χ2n) is 5.64. The predicted molar refractivity (Wildman–Crippen MR) is 103 cm³/mol. The molecule has 0 radical (unpaired) electrons. The molecule has 0 unspecified atom stereocenters. The number of halogens is 1. The van der Waals surface area contributed by atoms with Gasteiger partial charge in [-0.2, -0.15) is 0 Å². The summed E-state index contributed by atoms with van der Waals surface area (Å²) in [7, 11) is 1.54. The molecule has 0 atom stereocenters. The SMILES string of the molecule is COCCNC(=O)CSc1ccccc1C(=O)OCC(=O)c1cccc(F)c1. The molecule has 0 aliphatic heterocycles. The zero-order valence-electron chi connectivity index (χ0n) is 15.3. The lowest BCUT2D eigenvalue weighted by Crippen LogP contribution is -2.28. The highest BCUT2D eigenvalue weighted by atomic mass is 32.2. The van der Waals surface area contributed by atoms with Crippen LogP contribution in [0.25, 0.3) is 0 Å². The molecule has 0 aromatic heterocycles. The fourth-order valence-corrected chi connectivity index (χ4v) is 3.07. The molecule has 8 heteroatoms. The summed E-state index contributed by atoms with van der Waals surface area (Å²) in [6.07, 6.45) is 0. The van der Waals surface area contributed by atoms with Gasteiger partial charge < -0.3 is 14.8 Å². The van der Waals surface area contributed by atoms with Gasteiger partial charge in [0.25, 0.3) is 0 Å². The van der Waals surface area contributed by atoms with Gasteiger partial charge in [-0.3, -0.25) is 9.59 Å². The molecule has 0 fully saturated rings. The lowest BCUT2D eigenvalue weighted by Gasteiger charge is -2.09. The van der Waals surface area contributed by atoms with Gasteiger partial charge in [0.2, 0.25) is 5.91 Å². The number of ether oxygens (including phenoxy) is 2. The molecule has 0 saturated carbocycles. The van der Waals surface area contributed by atoms with Gasteiger partial charge in [0.1, 0.15) is 5.82 Å². The first-order valence-corrected chi connectivity index (χ1v) is 9.43. The summed E-state index contributed by atoms with van der Waals surface area (Å²) >= 11 is 1.19. The maximum atomic E-state index is 13.2. The number of rotatable bonds is 10. The fourth-order valence-electron chi connectivity index (χ4n) is 2.20. The van der Waals surface area contributed by atoms with Crippen molar-refractivity contribution < 1.29 is 28.2 Å². The van der Waals surface area contributed by atoms with Crippen LogP contribution < -0.4 is 5.32 Å². The van der Waals surface area contributed by atoms with Gasteiger partial charge in [0.15, 0.2) is 12.4 Å². The molecule has 2 aromatic rings. The number of ketones is 1. The summed E-state index contributed by atoms with van der Waals surface area (Å²) in [5.41, 5.74) is 0.382. The monoisotopic (exact) mass is 405 g/mol. The Morgan fingerprint density at radius 1 is 1.11 bits per heavy atom. The summed E-state index contributed by atoms with van der Waals surface area (Å²) in [5.74, 6) is -1.80. The van der Waals surface area contributed by atoms with Crippen LogP contribution in [0.2, 0.25) is 0 Å². The number of esters is 1. The molecule has 6 nitrogen and oxygen atoms in total. The standard InChI is InChI=1S/C20H20FNO5S/c1-26-10-9-22-19(24)13-28-18-8-3-2-7-16(18)20(25)27-12-17(23)14-5-4-6-15(21)11-14/h2-8,11H,9-10,12-13H2,1H3,(H,22,24). The summed E-state index contributed by atoms with van der Waals surface area (Å²) in [5, 5.41) is 2.69. The van der Waals surface area contributed by atoms with Crippen molar-refractivity contribution in [2.45, 2.75) is 4.90 Å². The Morgan fingerprint density at radius 2 is 1.89 bits per heavy atom. The highest BCUT2D eigenvalue weighted by Gasteiger charge is 2.16. The van der Waals surface area contributed by atoms with Crippen molar-refractivity contribution in [2.75, 3.05) is 32.6 Å². The van der Waals surface area contributed by atoms with Crippen LogP contribution in [-0.4, -0.2) is 50.3 Å². The maximum absolute atomic E-state index is 13.2. The van der Waals surface area contributed by atoms with E-state index in [1.54, 1.807) is 31.4 Å². The molecule has 1 amide bonds. The van der Waals surface area contributed by atoms with E-state index in [4.69, 9.17) is 9.47 Å². The molecule has 0 spiro atoms. The van der Waals surface area contributed by atoms with Gasteiger partial charge in [0.05, 0.1) is 17.9 Å². The highest BCUT2D eigenvalue weighted by Crippen LogP contribution is 2.23. The molecule has 2 aromatic carbocycles. The Kier molecular flexibility index (Phi) is 8.64. The molecule has 0 aliphatic carbocycles. The average Bonchev–Trinajstić information content (AvgIpc) is 2.70. The Balaban J connectivity index is 1.92. The Bertz CT molecular complexity index is 843. The fraction of sp³-hybridized carbons (Fsp3) is 0.250. The largest absolute Gasteiger partial charge is 0.454 e. The summed E-state index contributed by atoms with van der Waals surface area (Å²) in [4.78, 5) is 36.7. The minimum Gasteiger partial charge on any atom is -0.454 e. The van der Waals surface area contributed by atoms with Gasteiger partial charge in [-0.25, -0.2) is 9.18 Å². The average molecular weight is 405 g/mol. The maximum Gasteiger partial charge on any atom is 0.339 e. The minimum atomic E-state index is -0.687. The molecule has 148 valence electrons. The van der Waals surface area contributed by atoms with Crippen LogP contribution in [0.3, 0.4) is 0 Å². The number of amides is 1. The van der Waals surface area contributed by atoms with E-state index < -0.39 is 24.2 Å². The van der Waals surface area contributed by atoms with E-state index in [1.807, 2.05) is 0 Å². The third kappa shape index (κ3) is 6.79. The van der Waals surface area contributed by atoms with Crippen molar-refractivity contribution in [3.8, 4) is 0 Å². The zero-order valence-corrected chi connectivity index (χ0v) is 16.1. The van der Waals surface area contributed by atoms with E-state index in [9.17, 15) is 18.8 Å². The number of methoxy groups -OCH3 is 1. The number of nitrogens with one attached hydrogen (secondary N) is 1. The lowest BCUT2D eigenvalue weighted by molar-refractivity contribution is -0.118. The van der Waals surface area contributed by atoms with Gasteiger partial charge in [-0.1, -0.05) is 24.3 Å². The van der Waals surface area contributed by atoms with Crippen molar-refractivity contribution in [3.05, 3.63) is 65.5 Å². The number of carbonyl (C=O) groups is 3. The van der Waals surface area contributed by atoms with Crippen LogP contribution in [0.5, 0.6) is 0 Å². The summed E-state index contributed by atoms with van der Waals surface area (Å²) in [6.45, 7) is 0.319. The molecule has 2 rings (SSSR count). The Morgan fingerprint density at radius 3 is 2.64 bits per heavy atom. The normalized spacial score (nSPS) is 10.4. The van der Waals surface area contributed by atoms with E-state index in [2.05, 4.69) is 5.32 Å². The number of hydrogen-bond acceptors (Lipinski definition) is 6. The first-order chi connectivity index (χ1) is 13.5. The Labute approximate surface area is 166 Å². The molecular formula is C20H20FNO5S. The Hall–Kier alpha value is -2.71. The van der Waals surface area contributed by atoms with Crippen molar-refractivity contribution in [1.29, 1.82) is 0 Å². The number of carbonyl (C=O) groups excluding carboxylic acids is 3. The zero-order chi connectivity index (χ0) is 20.4. The summed E-state index contributed by atoms with van der Waals surface area (Å²) < 4.78 is 23.1. The number of hydrogen-bond donors (Lipinski definition) is 1. The smallest absolute Gasteiger partial charge is 0.339 e. The van der Waals surface area contributed by atoms with Crippen molar-refractivity contribution in [1.82, 2.24) is 5.32 Å². The third-order valence-corrected chi connectivity index (χ3v) is 4.65. The van der Waals surface area contributed by atoms with E-state index in [0.29, 0.717) is 18.0 Å². The quantitative estimate of drug-likeness (QED) is 0.283. The molecule has 0 heterocycles. The first kappa shape index (κ1) is 21.6. The number of benzene rings is 2. The van der Waals surface area contributed by atoms with Crippen molar-refractivity contribution in [3.63, 3.8) is 0 Å². The van der Waals surface area contributed by atoms with E-state index in [-0.39, 0.29) is 22.8 Å². The molecule has 0 saturated heterocycles. The number of thioether (sulfide) groups is 1. The minimum absolute atomic E-state index is 0.121. The van der Waals surface area contributed by atoms with Crippen LogP contribution in [0, 0.1) is 5.82 Å². The highest BCUT2D eigenvalue weighted by molar-refractivity contribution is 8.00. The topological polar surface area (TPSA) is 81.7 Å². The molecule has 28 heavy (non-hydrogen) atoms. The van der Waals surface area contributed by atoms with Crippen LogP contribution in [0.15, 0.2) is 53.4 Å². The second-order valence-corrected chi connectivity index (χ2v) is 6.65. The first-order valence-electron chi connectivity index (χ1n) is 8.44. The van der Waals surface area contributed by atoms with Gasteiger partial charge in [-0.15, -0.1) is 11.8 Å². The molecule has 0 bridgehead atoms. The summed E-state index contributed by atoms with van der Waals surface area (Å²) in [6, 6.07) is 11.8. The van der Waals surface area contributed by atoms with Crippen molar-refractivity contribution in [2.24, 2.45) is 0 Å². The van der Waals surface area contributed by atoms with E-state index in [1.165, 1.54) is 30.0 Å². The van der Waals surface area contributed by atoms with E-state index >= 15 is 0 Å². The van der Waals surface area contributed by atoms with Gasteiger partial charge in [-0.05, 0) is 24.3 Å². The van der Waals surface area contributed by atoms with Crippen molar-refractivity contribution >= 4 is 29.4 Å². The van der Waals surface area contributed by atoms with Crippen LogP contribution in [-0.2, 0) is 14.3 Å². The van der Waals surface area contributed by atoms with E-state index in [0.717, 1.165) is 6.07 Å². The van der Waals surface area contributed by atoms with Crippen LogP contribution in [0.4, 0.5) is 4.39 Å². The van der Waals surface area contributed by atoms with Gasteiger partial charge in [0, 0.05) is 24.1 Å². The van der Waals surface area contributed by atoms with Crippen LogP contribution in [0.1, 0.15) is 20.7 Å². The second kappa shape index (κ2) is 11.2.